The fourth-order valence-corrected chi connectivity index (χ4v) is 2.97. The number of hydrogen-bond acceptors (Lipinski definition) is 2. The molecule has 0 aliphatic carbocycles. The van der Waals surface area contributed by atoms with Crippen LogP contribution in [0.2, 0.25) is 0 Å². The van der Waals surface area contributed by atoms with Gasteiger partial charge in [0.2, 0.25) is 0 Å². The first kappa shape index (κ1) is 15.1. The lowest BCUT2D eigenvalue weighted by molar-refractivity contribution is 0.0953. The lowest BCUT2D eigenvalue weighted by Gasteiger charge is -2.39. The van der Waals surface area contributed by atoms with Gasteiger partial charge in [0.1, 0.15) is 0 Å². The molecule has 0 unspecified atom stereocenters. The topological polar surface area (TPSA) is 23.5 Å². The van der Waals surface area contributed by atoms with Crippen LogP contribution in [-0.2, 0) is 6.54 Å². The van der Waals surface area contributed by atoms with E-state index in [1.165, 1.54) is 24.8 Å². The molecule has 108 valence electrons. The van der Waals surface area contributed by atoms with E-state index in [4.69, 9.17) is 5.11 Å². The highest BCUT2D eigenvalue weighted by molar-refractivity contribution is 5.37. The van der Waals surface area contributed by atoms with Crippen molar-refractivity contribution >= 4 is 0 Å². The first-order chi connectivity index (χ1) is 9.70. The lowest BCUT2D eigenvalue weighted by Crippen LogP contribution is -2.42. The number of likely N-dealkylation sites (tertiary alicyclic amines) is 1. The molecule has 2 atom stereocenters. The molecular weight excluding hydrogens is 246 g/mol. The van der Waals surface area contributed by atoms with Crippen molar-refractivity contribution in [2.45, 2.75) is 58.2 Å². The summed E-state index contributed by atoms with van der Waals surface area (Å²) in [5, 5.41) is 8.76. The second kappa shape index (κ2) is 7.47. The zero-order valence-electron chi connectivity index (χ0n) is 12.6. The minimum atomic E-state index is 0.134. The fraction of sp³-hybridized carbons (Fsp3) is 0.556. The summed E-state index contributed by atoms with van der Waals surface area (Å²) < 4.78 is 0. The van der Waals surface area contributed by atoms with Gasteiger partial charge in [-0.15, -0.1) is 0 Å². The van der Waals surface area contributed by atoms with Gasteiger partial charge in [0.15, 0.2) is 0 Å². The molecule has 1 aliphatic heterocycles. The Labute approximate surface area is 122 Å². The van der Waals surface area contributed by atoms with E-state index in [9.17, 15) is 0 Å². The van der Waals surface area contributed by atoms with Crippen molar-refractivity contribution in [3.8, 4) is 11.8 Å². The molecule has 2 nitrogen and oxygen atoms in total. The number of hydrogen-bond donors (Lipinski definition) is 1. The molecule has 0 saturated carbocycles. The Morgan fingerprint density at radius 3 is 2.70 bits per heavy atom. The van der Waals surface area contributed by atoms with E-state index < -0.39 is 0 Å². The molecule has 1 aromatic carbocycles. The smallest absolute Gasteiger partial charge is 0.0540 e. The third-order valence-corrected chi connectivity index (χ3v) is 4.14. The Hall–Kier alpha value is -1.30. The minimum absolute atomic E-state index is 0.134. The second-order valence-corrected chi connectivity index (χ2v) is 5.78. The summed E-state index contributed by atoms with van der Waals surface area (Å²) in [5.41, 5.74) is 2.38. The van der Waals surface area contributed by atoms with Gasteiger partial charge in [0.05, 0.1) is 6.61 Å². The molecule has 20 heavy (non-hydrogen) atoms. The highest BCUT2D eigenvalue weighted by Gasteiger charge is 2.24. The number of rotatable bonds is 3. The van der Waals surface area contributed by atoms with Crippen LogP contribution in [0.5, 0.6) is 0 Å². The lowest BCUT2D eigenvalue weighted by atomic mass is 9.96. The number of piperidine rings is 1. The van der Waals surface area contributed by atoms with E-state index in [0.29, 0.717) is 18.5 Å². The summed E-state index contributed by atoms with van der Waals surface area (Å²) in [6, 6.07) is 9.82. The molecule has 1 heterocycles. The molecule has 1 aromatic rings. The Bertz CT molecular complexity index is 476. The Kier molecular flexibility index (Phi) is 5.64. The van der Waals surface area contributed by atoms with Crippen LogP contribution in [0.1, 0.15) is 50.7 Å². The summed E-state index contributed by atoms with van der Waals surface area (Å²) in [4.78, 5) is 2.60. The summed E-state index contributed by atoms with van der Waals surface area (Å²) >= 11 is 0. The van der Waals surface area contributed by atoms with Gasteiger partial charge in [-0.1, -0.05) is 30.4 Å². The van der Waals surface area contributed by atoms with E-state index in [1.54, 1.807) is 0 Å². The SMILES string of the molecule is C[C@@H]1CCC[C@H](C)N1Cc1cccc(C#CCCO)c1. The van der Waals surface area contributed by atoms with Crippen LogP contribution in [-0.4, -0.2) is 28.7 Å². The van der Waals surface area contributed by atoms with Crippen molar-refractivity contribution in [3.63, 3.8) is 0 Å². The van der Waals surface area contributed by atoms with Crippen LogP contribution in [0.3, 0.4) is 0 Å². The highest BCUT2D eigenvalue weighted by atomic mass is 16.2. The Balaban J connectivity index is 2.06. The molecule has 0 spiro atoms. The van der Waals surface area contributed by atoms with Crippen LogP contribution in [0, 0.1) is 11.8 Å². The molecule has 1 fully saturated rings. The summed E-state index contributed by atoms with van der Waals surface area (Å²) in [5.74, 6) is 6.10. The molecule has 2 rings (SSSR count). The van der Waals surface area contributed by atoms with Gasteiger partial charge >= 0.3 is 0 Å². The van der Waals surface area contributed by atoms with Gasteiger partial charge in [-0.2, -0.15) is 0 Å². The van der Waals surface area contributed by atoms with Crippen molar-refractivity contribution in [1.82, 2.24) is 4.90 Å². The van der Waals surface area contributed by atoms with Crippen LogP contribution < -0.4 is 0 Å². The van der Waals surface area contributed by atoms with Crippen LogP contribution in [0.25, 0.3) is 0 Å². The van der Waals surface area contributed by atoms with Crippen LogP contribution in [0.4, 0.5) is 0 Å². The van der Waals surface area contributed by atoms with Gasteiger partial charge in [0.25, 0.3) is 0 Å². The molecule has 1 aliphatic rings. The van der Waals surface area contributed by atoms with Gasteiger partial charge < -0.3 is 5.11 Å². The van der Waals surface area contributed by atoms with Crippen molar-refractivity contribution < 1.29 is 5.11 Å². The van der Waals surface area contributed by atoms with Gasteiger partial charge in [-0.3, -0.25) is 4.90 Å². The van der Waals surface area contributed by atoms with Crippen molar-refractivity contribution in [3.05, 3.63) is 35.4 Å². The number of nitrogens with zero attached hydrogens (tertiary/aromatic N) is 1. The molecule has 1 N–H and O–H groups in total. The fourth-order valence-electron chi connectivity index (χ4n) is 2.97. The number of benzene rings is 1. The van der Waals surface area contributed by atoms with Crippen LogP contribution in [0.15, 0.2) is 24.3 Å². The van der Waals surface area contributed by atoms with Crippen molar-refractivity contribution in [2.24, 2.45) is 0 Å². The van der Waals surface area contributed by atoms with E-state index in [-0.39, 0.29) is 6.61 Å². The van der Waals surface area contributed by atoms with Crippen molar-refractivity contribution in [1.29, 1.82) is 0 Å². The third kappa shape index (κ3) is 4.10. The normalized spacial score (nSPS) is 23.1. The zero-order valence-corrected chi connectivity index (χ0v) is 12.6. The Morgan fingerprint density at radius 1 is 1.25 bits per heavy atom. The number of aliphatic hydroxyl groups is 1. The van der Waals surface area contributed by atoms with Crippen LogP contribution >= 0.6 is 0 Å². The minimum Gasteiger partial charge on any atom is -0.395 e. The average molecular weight is 271 g/mol. The predicted molar refractivity (Wildman–Crippen MR) is 83.3 cm³/mol. The van der Waals surface area contributed by atoms with E-state index in [2.05, 4.69) is 48.8 Å². The number of aliphatic hydroxyl groups excluding tert-OH is 1. The molecule has 0 bridgehead atoms. The summed E-state index contributed by atoms with van der Waals surface area (Å²) in [7, 11) is 0. The molecule has 0 radical (unpaired) electrons. The monoisotopic (exact) mass is 271 g/mol. The maximum absolute atomic E-state index is 8.76. The largest absolute Gasteiger partial charge is 0.395 e. The molecular formula is C18H25NO. The quantitative estimate of drug-likeness (QED) is 0.854. The van der Waals surface area contributed by atoms with E-state index >= 15 is 0 Å². The highest BCUT2D eigenvalue weighted by Crippen LogP contribution is 2.24. The maximum Gasteiger partial charge on any atom is 0.0540 e. The summed E-state index contributed by atoms with van der Waals surface area (Å²) in [6.07, 6.45) is 4.51. The van der Waals surface area contributed by atoms with E-state index in [0.717, 1.165) is 12.1 Å². The second-order valence-electron chi connectivity index (χ2n) is 5.78. The Morgan fingerprint density at radius 2 is 2.00 bits per heavy atom. The molecule has 0 amide bonds. The first-order valence-electron chi connectivity index (χ1n) is 7.65. The zero-order chi connectivity index (χ0) is 14.4. The van der Waals surface area contributed by atoms with Gasteiger partial charge in [-0.05, 0) is 44.4 Å². The van der Waals surface area contributed by atoms with Gasteiger partial charge in [-0.25, -0.2) is 0 Å². The van der Waals surface area contributed by atoms with Gasteiger partial charge in [0, 0.05) is 30.6 Å². The average Bonchev–Trinajstić information content (AvgIpc) is 2.44. The summed E-state index contributed by atoms with van der Waals surface area (Å²) in [6.45, 7) is 5.81. The standard InChI is InChI=1S/C18H25NO/c1-15-7-5-8-16(2)19(15)14-18-11-6-10-17(13-18)9-3-4-12-20/h6,10-11,13,15-16,20H,4-5,7-8,12,14H2,1-2H3/t15-,16+. The maximum atomic E-state index is 8.76. The molecule has 1 saturated heterocycles. The molecule has 0 aromatic heterocycles. The van der Waals surface area contributed by atoms with E-state index in [1.807, 2.05) is 6.07 Å². The third-order valence-electron chi connectivity index (χ3n) is 4.14. The first-order valence-corrected chi connectivity index (χ1v) is 7.65. The predicted octanol–water partition coefficient (Wildman–Crippen LogP) is 3.18. The molecule has 2 heteroatoms. The van der Waals surface area contributed by atoms with Crippen molar-refractivity contribution in [2.75, 3.05) is 6.61 Å².